The van der Waals surface area contributed by atoms with E-state index in [4.69, 9.17) is 4.74 Å². The maximum absolute atomic E-state index is 5.30. The molecule has 1 rings (SSSR count). The lowest BCUT2D eigenvalue weighted by molar-refractivity contribution is 0.0859. The van der Waals surface area contributed by atoms with E-state index in [1.807, 2.05) is 0 Å². The zero-order valence-electron chi connectivity index (χ0n) is 10.6. The molecule has 0 saturated carbocycles. The molecule has 0 aromatic carbocycles. The fourth-order valence-electron chi connectivity index (χ4n) is 2.23. The van der Waals surface area contributed by atoms with Gasteiger partial charge in [0.15, 0.2) is 0 Å². The monoisotopic (exact) mass is 214 g/mol. The van der Waals surface area contributed by atoms with Crippen LogP contribution in [0.4, 0.5) is 0 Å². The molecule has 0 aromatic rings. The highest BCUT2D eigenvalue weighted by Crippen LogP contribution is 2.15. The van der Waals surface area contributed by atoms with Crippen molar-refractivity contribution in [3.63, 3.8) is 0 Å². The van der Waals surface area contributed by atoms with E-state index in [2.05, 4.69) is 31.0 Å². The lowest BCUT2D eigenvalue weighted by Gasteiger charge is -2.26. The molecule has 1 N–H and O–H groups in total. The molecule has 1 fully saturated rings. The van der Waals surface area contributed by atoms with Crippen LogP contribution in [0.1, 0.15) is 33.6 Å². The van der Waals surface area contributed by atoms with Crippen LogP contribution < -0.4 is 5.32 Å². The Morgan fingerprint density at radius 1 is 1.47 bits per heavy atom. The predicted molar refractivity (Wildman–Crippen MR) is 64.2 cm³/mol. The van der Waals surface area contributed by atoms with Crippen molar-refractivity contribution in [3.05, 3.63) is 0 Å². The van der Waals surface area contributed by atoms with E-state index in [0.717, 1.165) is 12.6 Å². The van der Waals surface area contributed by atoms with Gasteiger partial charge in [-0.3, -0.25) is 4.90 Å². The van der Waals surface area contributed by atoms with Crippen LogP contribution in [0.3, 0.4) is 0 Å². The van der Waals surface area contributed by atoms with Gasteiger partial charge in [0.2, 0.25) is 0 Å². The fraction of sp³-hybridized carbons (Fsp3) is 1.00. The summed E-state index contributed by atoms with van der Waals surface area (Å²) in [5.41, 5.74) is 0. The fourth-order valence-corrected chi connectivity index (χ4v) is 2.23. The van der Waals surface area contributed by atoms with Gasteiger partial charge in [-0.1, -0.05) is 6.92 Å². The van der Waals surface area contributed by atoms with Crippen molar-refractivity contribution < 1.29 is 4.74 Å². The first-order valence-corrected chi connectivity index (χ1v) is 6.19. The molecular formula is C12H26N2O. The summed E-state index contributed by atoms with van der Waals surface area (Å²) >= 11 is 0. The predicted octanol–water partition coefficient (Wildman–Crippen LogP) is 1.48. The Bertz CT molecular complexity index is 175. The largest absolute Gasteiger partial charge is 0.380 e. The summed E-state index contributed by atoms with van der Waals surface area (Å²) in [7, 11) is 1.77. The van der Waals surface area contributed by atoms with Crippen molar-refractivity contribution in [1.82, 2.24) is 10.2 Å². The highest BCUT2D eigenvalue weighted by molar-refractivity contribution is 4.81. The number of likely N-dealkylation sites (tertiary alicyclic amines) is 1. The van der Waals surface area contributed by atoms with Gasteiger partial charge in [0.1, 0.15) is 0 Å². The summed E-state index contributed by atoms with van der Waals surface area (Å²) in [4.78, 5) is 2.57. The third-order valence-corrected chi connectivity index (χ3v) is 3.66. The van der Waals surface area contributed by atoms with Crippen molar-refractivity contribution in [1.29, 1.82) is 0 Å². The highest BCUT2D eigenvalue weighted by Gasteiger charge is 2.23. The summed E-state index contributed by atoms with van der Waals surface area (Å²) in [6.07, 6.45) is 2.99. The topological polar surface area (TPSA) is 24.5 Å². The number of nitrogens with zero attached hydrogens (tertiary/aromatic N) is 1. The van der Waals surface area contributed by atoms with Gasteiger partial charge in [0.05, 0.1) is 6.10 Å². The zero-order valence-corrected chi connectivity index (χ0v) is 10.6. The van der Waals surface area contributed by atoms with Gasteiger partial charge < -0.3 is 10.1 Å². The van der Waals surface area contributed by atoms with Crippen LogP contribution in [-0.4, -0.2) is 49.8 Å². The summed E-state index contributed by atoms with van der Waals surface area (Å²) in [5.74, 6) is 0. The quantitative estimate of drug-likeness (QED) is 0.725. The first-order chi connectivity index (χ1) is 7.19. The minimum absolute atomic E-state index is 0.293. The number of hydrogen-bond acceptors (Lipinski definition) is 3. The maximum atomic E-state index is 5.30. The van der Waals surface area contributed by atoms with Gasteiger partial charge in [0.25, 0.3) is 0 Å². The van der Waals surface area contributed by atoms with E-state index in [0.29, 0.717) is 12.1 Å². The molecule has 1 aliphatic rings. The third kappa shape index (κ3) is 3.74. The molecule has 0 radical (unpaired) electrons. The van der Waals surface area contributed by atoms with Gasteiger partial charge in [-0.2, -0.15) is 0 Å². The summed E-state index contributed by atoms with van der Waals surface area (Å²) in [6.45, 7) is 10.1. The summed E-state index contributed by atoms with van der Waals surface area (Å²) in [5, 5.41) is 3.57. The summed E-state index contributed by atoms with van der Waals surface area (Å²) < 4.78 is 5.30. The molecule has 0 amide bonds. The second-order valence-electron chi connectivity index (χ2n) is 4.56. The second-order valence-corrected chi connectivity index (χ2v) is 4.56. The Labute approximate surface area is 94.2 Å². The van der Waals surface area contributed by atoms with E-state index >= 15 is 0 Å². The smallest absolute Gasteiger partial charge is 0.0693 e. The third-order valence-electron chi connectivity index (χ3n) is 3.66. The van der Waals surface area contributed by atoms with Crippen molar-refractivity contribution in [2.75, 3.05) is 26.7 Å². The number of ether oxygens (including phenoxy) is 1. The molecule has 1 heterocycles. The minimum Gasteiger partial charge on any atom is -0.380 e. The zero-order chi connectivity index (χ0) is 11.3. The van der Waals surface area contributed by atoms with Crippen LogP contribution in [0.15, 0.2) is 0 Å². The van der Waals surface area contributed by atoms with Crippen molar-refractivity contribution in [2.45, 2.75) is 51.8 Å². The Hall–Kier alpha value is -0.120. The lowest BCUT2D eigenvalue weighted by atomic mass is 10.1. The van der Waals surface area contributed by atoms with Crippen LogP contribution in [0, 0.1) is 0 Å². The van der Waals surface area contributed by atoms with Crippen molar-refractivity contribution in [3.8, 4) is 0 Å². The molecule has 3 heteroatoms. The van der Waals surface area contributed by atoms with Crippen molar-refractivity contribution in [2.24, 2.45) is 0 Å². The molecular weight excluding hydrogens is 188 g/mol. The van der Waals surface area contributed by atoms with Gasteiger partial charge in [-0.25, -0.2) is 0 Å². The molecule has 0 bridgehead atoms. The van der Waals surface area contributed by atoms with E-state index in [1.165, 1.54) is 25.9 Å². The standard InChI is InChI=1S/C12H26N2O/c1-5-14-8-6-7-12(14)9-13-10(2)11(3)15-4/h10-13H,5-9H2,1-4H3. The van der Waals surface area contributed by atoms with E-state index in [-0.39, 0.29) is 0 Å². The van der Waals surface area contributed by atoms with Crippen LogP contribution in [0.5, 0.6) is 0 Å². The lowest BCUT2D eigenvalue weighted by Crippen LogP contribution is -2.44. The first-order valence-electron chi connectivity index (χ1n) is 6.19. The molecule has 0 spiro atoms. The SMILES string of the molecule is CCN1CCCC1CNC(C)C(C)OC. The van der Waals surface area contributed by atoms with Gasteiger partial charge in [-0.15, -0.1) is 0 Å². The summed E-state index contributed by atoms with van der Waals surface area (Å²) in [6, 6.07) is 1.18. The molecule has 1 aliphatic heterocycles. The van der Waals surface area contributed by atoms with E-state index in [9.17, 15) is 0 Å². The van der Waals surface area contributed by atoms with Crippen LogP contribution >= 0.6 is 0 Å². The number of nitrogens with one attached hydrogen (secondary N) is 1. The molecule has 15 heavy (non-hydrogen) atoms. The second kappa shape index (κ2) is 6.46. The Morgan fingerprint density at radius 2 is 2.20 bits per heavy atom. The van der Waals surface area contributed by atoms with E-state index < -0.39 is 0 Å². The first kappa shape index (κ1) is 12.9. The van der Waals surface area contributed by atoms with Crippen LogP contribution in [0.25, 0.3) is 0 Å². The molecule has 3 unspecified atom stereocenters. The molecule has 3 atom stereocenters. The molecule has 0 aromatic heterocycles. The molecule has 1 saturated heterocycles. The van der Waals surface area contributed by atoms with Crippen LogP contribution in [0.2, 0.25) is 0 Å². The number of hydrogen-bond donors (Lipinski definition) is 1. The average Bonchev–Trinajstić information content (AvgIpc) is 2.71. The Kier molecular flexibility index (Phi) is 5.58. The Morgan fingerprint density at radius 3 is 2.80 bits per heavy atom. The highest BCUT2D eigenvalue weighted by atomic mass is 16.5. The van der Waals surface area contributed by atoms with Gasteiger partial charge in [0, 0.05) is 25.7 Å². The Balaban J connectivity index is 2.24. The molecule has 3 nitrogen and oxygen atoms in total. The van der Waals surface area contributed by atoms with Crippen LogP contribution in [-0.2, 0) is 4.74 Å². The van der Waals surface area contributed by atoms with E-state index in [1.54, 1.807) is 7.11 Å². The molecule has 90 valence electrons. The minimum atomic E-state index is 0.293. The van der Waals surface area contributed by atoms with Gasteiger partial charge in [-0.05, 0) is 39.8 Å². The molecule has 0 aliphatic carbocycles. The number of methoxy groups -OCH3 is 1. The number of rotatable bonds is 6. The van der Waals surface area contributed by atoms with Gasteiger partial charge >= 0.3 is 0 Å². The number of likely N-dealkylation sites (N-methyl/N-ethyl adjacent to an activating group) is 1. The average molecular weight is 214 g/mol. The van der Waals surface area contributed by atoms with Crippen molar-refractivity contribution >= 4 is 0 Å². The maximum Gasteiger partial charge on any atom is 0.0693 e. The normalized spacial score (nSPS) is 26.8.